The predicted octanol–water partition coefficient (Wildman–Crippen LogP) is 3.11. The van der Waals surface area contributed by atoms with Gasteiger partial charge in [0.2, 0.25) is 0 Å². The summed E-state index contributed by atoms with van der Waals surface area (Å²) in [5.41, 5.74) is 1.22. The van der Waals surface area contributed by atoms with Crippen molar-refractivity contribution in [1.82, 2.24) is 0 Å². The summed E-state index contributed by atoms with van der Waals surface area (Å²) in [7, 11) is 1.81. The first-order valence-electron chi connectivity index (χ1n) is 3.84. The largest absolute Gasteiger partial charge is 0.364 e. The topological polar surface area (TPSA) is 3.24 Å². The molecule has 0 aliphatic heterocycles. The molecular weight excluding hydrogens is 209 g/mol. The Kier molecular flexibility index (Phi) is 3.45. The highest BCUT2D eigenvalue weighted by Gasteiger charge is 2.08. The lowest BCUT2D eigenvalue weighted by Crippen LogP contribution is -2.15. The van der Waals surface area contributed by atoms with Gasteiger partial charge in [-0.2, -0.15) is 12.6 Å². The van der Waals surface area contributed by atoms with Gasteiger partial charge in [-0.05, 0) is 24.6 Å². The molecule has 0 radical (unpaired) electrons. The number of halogens is 2. The number of benzene rings is 1. The van der Waals surface area contributed by atoms with E-state index in [2.05, 4.69) is 12.6 Å². The minimum atomic E-state index is -0.243. The number of rotatable bonds is 2. The van der Waals surface area contributed by atoms with E-state index in [-0.39, 0.29) is 5.82 Å². The molecule has 0 fully saturated rings. The van der Waals surface area contributed by atoms with E-state index in [1.807, 2.05) is 7.05 Å². The first kappa shape index (κ1) is 10.7. The average molecular weight is 220 g/mol. The molecule has 0 aromatic heterocycles. The Bertz CT molecular complexity index is 317. The van der Waals surface area contributed by atoms with Crippen molar-refractivity contribution in [2.75, 3.05) is 17.8 Å². The number of nitrogens with zero attached hydrogens (tertiary/aromatic N) is 1. The minimum Gasteiger partial charge on any atom is -0.364 e. The van der Waals surface area contributed by atoms with Crippen LogP contribution >= 0.6 is 24.2 Å². The van der Waals surface area contributed by atoms with Gasteiger partial charge >= 0.3 is 0 Å². The minimum absolute atomic E-state index is 0.243. The SMILES string of the molecule is Cc1cc(Cl)c(N(C)CS)cc1F. The van der Waals surface area contributed by atoms with Crippen molar-refractivity contribution in [3.63, 3.8) is 0 Å². The number of hydrogen-bond acceptors (Lipinski definition) is 2. The van der Waals surface area contributed by atoms with E-state index in [0.29, 0.717) is 22.2 Å². The third kappa shape index (κ3) is 2.29. The maximum absolute atomic E-state index is 13.1. The molecule has 4 heteroatoms. The molecule has 0 saturated carbocycles. The van der Waals surface area contributed by atoms with Crippen molar-refractivity contribution >= 4 is 29.9 Å². The first-order valence-corrected chi connectivity index (χ1v) is 4.85. The zero-order chi connectivity index (χ0) is 10.0. The second kappa shape index (κ2) is 4.20. The third-order valence-corrected chi connectivity index (χ3v) is 2.58. The normalized spacial score (nSPS) is 10.2. The molecule has 0 amide bonds. The number of thiol groups is 1. The van der Waals surface area contributed by atoms with E-state index >= 15 is 0 Å². The predicted molar refractivity (Wildman–Crippen MR) is 58.4 cm³/mol. The second-order valence-corrected chi connectivity index (χ2v) is 3.58. The molecule has 1 aromatic rings. The lowest BCUT2D eigenvalue weighted by atomic mass is 10.2. The van der Waals surface area contributed by atoms with Crippen molar-refractivity contribution in [1.29, 1.82) is 0 Å². The summed E-state index contributed by atoms with van der Waals surface area (Å²) in [4.78, 5) is 1.77. The molecule has 0 heterocycles. The summed E-state index contributed by atoms with van der Waals surface area (Å²) < 4.78 is 13.1. The van der Waals surface area contributed by atoms with Crippen LogP contribution in [0.3, 0.4) is 0 Å². The monoisotopic (exact) mass is 219 g/mol. The van der Waals surface area contributed by atoms with Crippen molar-refractivity contribution in [3.8, 4) is 0 Å². The number of hydrogen-bond donors (Lipinski definition) is 1. The van der Waals surface area contributed by atoms with Gasteiger partial charge in [-0.15, -0.1) is 0 Å². The van der Waals surface area contributed by atoms with Crippen LogP contribution in [0.25, 0.3) is 0 Å². The van der Waals surface area contributed by atoms with Gasteiger partial charge in [0.05, 0.1) is 16.6 Å². The van der Waals surface area contributed by atoms with Crippen LogP contribution in [-0.4, -0.2) is 12.9 Å². The first-order chi connectivity index (χ1) is 6.06. The van der Waals surface area contributed by atoms with Crippen LogP contribution < -0.4 is 4.90 Å². The number of aryl methyl sites for hydroxylation is 1. The van der Waals surface area contributed by atoms with Crippen LogP contribution in [0.5, 0.6) is 0 Å². The van der Waals surface area contributed by atoms with Crippen LogP contribution in [0.1, 0.15) is 5.56 Å². The van der Waals surface area contributed by atoms with Crippen LogP contribution in [0, 0.1) is 12.7 Å². The maximum Gasteiger partial charge on any atom is 0.128 e. The fourth-order valence-electron chi connectivity index (χ4n) is 1.00. The summed E-state index contributed by atoms with van der Waals surface area (Å²) >= 11 is 10.0. The fraction of sp³-hybridized carbons (Fsp3) is 0.333. The van der Waals surface area contributed by atoms with Gasteiger partial charge in [0.1, 0.15) is 5.82 Å². The fourth-order valence-corrected chi connectivity index (χ4v) is 1.52. The van der Waals surface area contributed by atoms with E-state index < -0.39 is 0 Å². The Morgan fingerprint density at radius 3 is 2.69 bits per heavy atom. The lowest BCUT2D eigenvalue weighted by molar-refractivity contribution is 0.618. The van der Waals surface area contributed by atoms with Crippen molar-refractivity contribution in [2.45, 2.75) is 6.92 Å². The molecule has 72 valence electrons. The van der Waals surface area contributed by atoms with Gasteiger partial charge in [-0.1, -0.05) is 11.6 Å². The number of anilines is 1. The van der Waals surface area contributed by atoms with E-state index in [4.69, 9.17) is 11.6 Å². The maximum atomic E-state index is 13.1. The summed E-state index contributed by atoms with van der Waals surface area (Å²) in [6.45, 7) is 1.69. The smallest absolute Gasteiger partial charge is 0.128 e. The highest BCUT2D eigenvalue weighted by atomic mass is 35.5. The molecular formula is C9H11ClFNS. The van der Waals surface area contributed by atoms with E-state index in [9.17, 15) is 4.39 Å². The molecule has 1 nitrogen and oxygen atoms in total. The Hall–Kier alpha value is -0.410. The molecule has 0 N–H and O–H groups in total. The molecule has 0 spiro atoms. The van der Waals surface area contributed by atoms with Gasteiger partial charge in [-0.25, -0.2) is 4.39 Å². The Morgan fingerprint density at radius 2 is 2.15 bits per heavy atom. The zero-order valence-electron chi connectivity index (χ0n) is 7.51. The summed E-state index contributed by atoms with van der Waals surface area (Å²) in [5.74, 6) is 0.260. The summed E-state index contributed by atoms with van der Waals surface area (Å²) in [6, 6.07) is 3.04. The van der Waals surface area contributed by atoms with Crippen LogP contribution in [-0.2, 0) is 0 Å². The van der Waals surface area contributed by atoms with Gasteiger partial charge in [-0.3, -0.25) is 0 Å². The molecule has 13 heavy (non-hydrogen) atoms. The Labute approximate surface area is 87.9 Å². The standard InChI is InChI=1S/C9H11ClFNS/c1-6-3-7(10)9(4-8(6)11)12(2)5-13/h3-4,13H,5H2,1-2H3. The van der Waals surface area contributed by atoms with Gasteiger partial charge < -0.3 is 4.90 Å². The molecule has 0 aliphatic carbocycles. The van der Waals surface area contributed by atoms with E-state index in [1.54, 1.807) is 17.9 Å². The Balaban J connectivity index is 3.15. The third-order valence-electron chi connectivity index (χ3n) is 1.85. The summed E-state index contributed by atoms with van der Waals surface area (Å²) in [6.07, 6.45) is 0. The molecule has 0 unspecified atom stereocenters. The zero-order valence-corrected chi connectivity index (χ0v) is 9.16. The highest BCUT2D eigenvalue weighted by molar-refractivity contribution is 7.80. The van der Waals surface area contributed by atoms with Crippen molar-refractivity contribution in [3.05, 3.63) is 28.5 Å². The Morgan fingerprint density at radius 1 is 1.54 bits per heavy atom. The van der Waals surface area contributed by atoms with E-state index in [1.165, 1.54) is 6.07 Å². The summed E-state index contributed by atoms with van der Waals surface area (Å²) in [5, 5.41) is 0.551. The molecule has 0 atom stereocenters. The quantitative estimate of drug-likeness (QED) is 0.591. The van der Waals surface area contributed by atoms with Gasteiger partial charge in [0.25, 0.3) is 0 Å². The molecule has 1 aromatic carbocycles. The average Bonchev–Trinajstić information content (AvgIpc) is 2.10. The molecule has 0 bridgehead atoms. The van der Waals surface area contributed by atoms with Crippen molar-refractivity contribution in [2.24, 2.45) is 0 Å². The second-order valence-electron chi connectivity index (χ2n) is 2.89. The van der Waals surface area contributed by atoms with Gasteiger partial charge in [0, 0.05) is 7.05 Å². The van der Waals surface area contributed by atoms with Crippen molar-refractivity contribution < 1.29 is 4.39 Å². The van der Waals surface area contributed by atoms with E-state index in [0.717, 1.165) is 0 Å². The van der Waals surface area contributed by atoms with Crippen LogP contribution in [0.4, 0.5) is 10.1 Å². The van der Waals surface area contributed by atoms with Crippen LogP contribution in [0.15, 0.2) is 12.1 Å². The lowest BCUT2D eigenvalue weighted by Gasteiger charge is -2.18. The molecule has 0 aliphatic rings. The molecule has 0 saturated heterocycles. The molecule has 1 rings (SSSR count). The van der Waals surface area contributed by atoms with Crippen LogP contribution in [0.2, 0.25) is 5.02 Å². The van der Waals surface area contributed by atoms with Gasteiger partial charge in [0.15, 0.2) is 0 Å². The highest BCUT2D eigenvalue weighted by Crippen LogP contribution is 2.27.